The SMILES string of the molecule is Cc1cccc(C(=O)N2CCc3ccc(CNC(=O)Nc4ccc(C)cc4Cl)cc32)c1. The Kier molecular flexibility index (Phi) is 5.96. The molecule has 0 fully saturated rings. The van der Waals surface area contributed by atoms with E-state index in [9.17, 15) is 9.59 Å². The number of amides is 3. The molecule has 3 amide bonds. The van der Waals surface area contributed by atoms with Gasteiger partial charge in [0.25, 0.3) is 5.91 Å². The Labute approximate surface area is 187 Å². The summed E-state index contributed by atoms with van der Waals surface area (Å²) in [6, 6.07) is 18.8. The van der Waals surface area contributed by atoms with Gasteiger partial charge in [-0.2, -0.15) is 0 Å². The molecule has 0 saturated heterocycles. The van der Waals surface area contributed by atoms with Crippen LogP contribution in [0.1, 0.15) is 32.6 Å². The summed E-state index contributed by atoms with van der Waals surface area (Å²) in [4.78, 5) is 27.2. The predicted molar refractivity (Wildman–Crippen MR) is 125 cm³/mol. The summed E-state index contributed by atoms with van der Waals surface area (Å²) >= 11 is 6.18. The highest BCUT2D eigenvalue weighted by Crippen LogP contribution is 2.30. The average Bonchev–Trinajstić information content (AvgIpc) is 3.17. The summed E-state index contributed by atoms with van der Waals surface area (Å²) in [6.45, 7) is 4.92. The Morgan fingerprint density at radius 2 is 1.81 bits per heavy atom. The maximum atomic E-state index is 13.0. The molecular formula is C25H24ClN3O2. The molecule has 1 aliphatic rings. The molecule has 0 spiro atoms. The first-order valence-corrected chi connectivity index (χ1v) is 10.6. The first-order valence-electron chi connectivity index (χ1n) is 10.2. The number of benzene rings is 3. The fourth-order valence-corrected chi connectivity index (χ4v) is 4.03. The number of halogens is 1. The van der Waals surface area contributed by atoms with Crippen molar-refractivity contribution in [1.82, 2.24) is 5.32 Å². The molecule has 5 nitrogen and oxygen atoms in total. The Morgan fingerprint density at radius 3 is 2.58 bits per heavy atom. The van der Waals surface area contributed by atoms with Gasteiger partial charge in [0.05, 0.1) is 10.7 Å². The summed E-state index contributed by atoms with van der Waals surface area (Å²) in [5.41, 5.74) is 6.31. The van der Waals surface area contributed by atoms with E-state index in [1.54, 1.807) is 12.1 Å². The smallest absolute Gasteiger partial charge is 0.319 e. The number of carbonyl (C=O) groups excluding carboxylic acids is 2. The number of aryl methyl sites for hydroxylation is 2. The molecular weight excluding hydrogens is 410 g/mol. The van der Waals surface area contributed by atoms with E-state index in [0.717, 1.165) is 34.4 Å². The molecule has 4 rings (SSSR count). The van der Waals surface area contributed by atoms with Crippen LogP contribution in [-0.4, -0.2) is 18.5 Å². The molecule has 3 aromatic carbocycles. The number of anilines is 2. The lowest BCUT2D eigenvalue weighted by Crippen LogP contribution is -2.29. The Bertz CT molecular complexity index is 1160. The number of nitrogens with zero attached hydrogens (tertiary/aromatic N) is 1. The Morgan fingerprint density at radius 1 is 1.00 bits per heavy atom. The topological polar surface area (TPSA) is 61.4 Å². The van der Waals surface area contributed by atoms with E-state index in [1.165, 1.54) is 0 Å². The second kappa shape index (κ2) is 8.82. The molecule has 0 aliphatic carbocycles. The van der Waals surface area contributed by atoms with Crippen LogP contribution >= 0.6 is 11.6 Å². The molecule has 0 bridgehead atoms. The fourth-order valence-electron chi connectivity index (χ4n) is 3.75. The van der Waals surface area contributed by atoms with Crippen LogP contribution in [0.3, 0.4) is 0 Å². The lowest BCUT2D eigenvalue weighted by Gasteiger charge is -2.18. The highest BCUT2D eigenvalue weighted by atomic mass is 35.5. The lowest BCUT2D eigenvalue weighted by atomic mass is 10.1. The second-order valence-corrected chi connectivity index (χ2v) is 8.24. The first-order chi connectivity index (χ1) is 14.9. The predicted octanol–water partition coefficient (Wildman–Crippen LogP) is 5.48. The van der Waals surface area contributed by atoms with Gasteiger partial charge in [0.2, 0.25) is 0 Å². The van der Waals surface area contributed by atoms with Crippen molar-refractivity contribution in [3.8, 4) is 0 Å². The molecule has 0 radical (unpaired) electrons. The summed E-state index contributed by atoms with van der Waals surface area (Å²) in [6.07, 6.45) is 0.826. The van der Waals surface area contributed by atoms with Crippen LogP contribution in [-0.2, 0) is 13.0 Å². The second-order valence-electron chi connectivity index (χ2n) is 7.83. The van der Waals surface area contributed by atoms with E-state index < -0.39 is 0 Å². The molecule has 6 heteroatoms. The molecule has 3 aromatic rings. The van der Waals surface area contributed by atoms with Crippen molar-refractivity contribution in [2.75, 3.05) is 16.8 Å². The van der Waals surface area contributed by atoms with Crippen molar-refractivity contribution in [3.05, 3.63) is 93.5 Å². The van der Waals surface area contributed by atoms with Gasteiger partial charge >= 0.3 is 6.03 Å². The minimum atomic E-state index is -0.334. The third kappa shape index (κ3) is 4.72. The molecule has 1 aliphatic heterocycles. The lowest BCUT2D eigenvalue weighted by molar-refractivity contribution is 0.0989. The number of hydrogen-bond donors (Lipinski definition) is 2. The summed E-state index contributed by atoms with van der Waals surface area (Å²) < 4.78 is 0. The van der Waals surface area contributed by atoms with E-state index in [0.29, 0.717) is 29.4 Å². The molecule has 0 aromatic heterocycles. The summed E-state index contributed by atoms with van der Waals surface area (Å²) in [5, 5.41) is 6.12. The van der Waals surface area contributed by atoms with Crippen LogP contribution in [0, 0.1) is 13.8 Å². The highest BCUT2D eigenvalue weighted by Gasteiger charge is 2.26. The van der Waals surface area contributed by atoms with Crippen molar-refractivity contribution in [1.29, 1.82) is 0 Å². The van der Waals surface area contributed by atoms with Crippen molar-refractivity contribution >= 4 is 34.9 Å². The third-order valence-electron chi connectivity index (χ3n) is 5.38. The number of nitrogens with one attached hydrogen (secondary N) is 2. The van der Waals surface area contributed by atoms with Crippen LogP contribution in [0.5, 0.6) is 0 Å². The minimum absolute atomic E-state index is 0.000634. The van der Waals surface area contributed by atoms with Gasteiger partial charge in [-0.25, -0.2) is 4.79 Å². The third-order valence-corrected chi connectivity index (χ3v) is 5.69. The molecule has 0 atom stereocenters. The highest BCUT2D eigenvalue weighted by molar-refractivity contribution is 6.33. The van der Waals surface area contributed by atoms with Crippen LogP contribution in [0.2, 0.25) is 5.02 Å². The Hall–Kier alpha value is -3.31. The largest absolute Gasteiger partial charge is 0.334 e. The van der Waals surface area contributed by atoms with Crippen LogP contribution in [0.15, 0.2) is 60.7 Å². The van der Waals surface area contributed by atoms with E-state index >= 15 is 0 Å². The summed E-state index contributed by atoms with van der Waals surface area (Å²) in [5.74, 6) is -0.000634. The number of hydrogen-bond acceptors (Lipinski definition) is 2. The first kappa shape index (κ1) is 20.9. The van der Waals surface area contributed by atoms with Crippen LogP contribution in [0.25, 0.3) is 0 Å². The van der Waals surface area contributed by atoms with Crippen molar-refractivity contribution in [2.45, 2.75) is 26.8 Å². The Balaban J connectivity index is 1.44. The van der Waals surface area contributed by atoms with E-state index in [2.05, 4.69) is 10.6 Å². The fraction of sp³-hybridized carbons (Fsp3) is 0.200. The average molecular weight is 434 g/mol. The zero-order valence-corrected chi connectivity index (χ0v) is 18.3. The number of urea groups is 1. The van der Waals surface area contributed by atoms with Gasteiger partial charge in [0, 0.05) is 24.3 Å². The standard InChI is InChI=1S/C25H24ClN3O2/c1-16-4-3-5-20(12-16)24(30)29-11-10-19-8-7-18(14-23(19)29)15-27-25(31)28-22-9-6-17(2)13-21(22)26/h3-9,12-14H,10-11,15H2,1-2H3,(H2,27,28,31). The zero-order chi connectivity index (χ0) is 22.0. The molecule has 158 valence electrons. The maximum absolute atomic E-state index is 13.0. The van der Waals surface area contributed by atoms with Crippen molar-refractivity contribution in [3.63, 3.8) is 0 Å². The molecule has 0 unspecified atom stereocenters. The zero-order valence-electron chi connectivity index (χ0n) is 17.5. The van der Waals surface area contributed by atoms with E-state index in [-0.39, 0.29) is 11.9 Å². The minimum Gasteiger partial charge on any atom is -0.334 e. The van der Waals surface area contributed by atoms with Gasteiger partial charge in [-0.1, -0.05) is 47.5 Å². The van der Waals surface area contributed by atoms with Gasteiger partial charge in [0.1, 0.15) is 0 Å². The molecule has 2 N–H and O–H groups in total. The monoisotopic (exact) mass is 433 g/mol. The molecule has 31 heavy (non-hydrogen) atoms. The van der Waals surface area contributed by atoms with Crippen LogP contribution < -0.4 is 15.5 Å². The number of rotatable bonds is 4. The molecule has 1 heterocycles. The van der Waals surface area contributed by atoms with Gasteiger partial charge in [-0.3, -0.25) is 4.79 Å². The maximum Gasteiger partial charge on any atom is 0.319 e. The van der Waals surface area contributed by atoms with Gasteiger partial charge < -0.3 is 15.5 Å². The number of carbonyl (C=O) groups is 2. The quantitative estimate of drug-likeness (QED) is 0.572. The number of fused-ring (bicyclic) bond motifs is 1. The van der Waals surface area contributed by atoms with Gasteiger partial charge in [0.15, 0.2) is 0 Å². The van der Waals surface area contributed by atoms with Gasteiger partial charge in [-0.05, 0) is 67.3 Å². The normalized spacial score (nSPS) is 12.4. The molecule has 0 saturated carbocycles. The van der Waals surface area contributed by atoms with Crippen molar-refractivity contribution in [2.24, 2.45) is 0 Å². The summed E-state index contributed by atoms with van der Waals surface area (Å²) in [7, 11) is 0. The van der Waals surface area contributed by atoms with Gasteiger partial charge in [-0.15, -0.1) is 0 Å². The van der Waals surface area contributed by atoms with E-state index in [1.807, 2.05) is 67.3 Å². The van der Waals surface area contributed by atoms with Crippen molar-refractivity contribution < 1.29 is 9.59 Å². The van der Waals surface area contributed by atoms with Crippen LogP contribution in [0.4, 0.5) is 16.2 Å². The van der Waals surface area contributed by atoms with E-state index in [4.69, 9.17) is 11.6 Å².